The maximum atomic E-state index is 10.3. The van der Waals surface area contributed by atoms with Gasteiger partial charge in [-0.3, -0.25) is 0 Å². The molecule has 2 aliphatic heterocycles. The average molecular weight is 1140 g/mol. The van der Waals surface area contributed by atoms with E-state index in [2.05, 4.69) is 85.7 Å². The van der Waals surface area contributed by atoms with E-state index in [1.807, 2.05) is 26.0 Å². The van der Waals surface area contributed by atoms with E-state index in [-0.39, 0.29) is 66.9 Å². The van der Waals surface area contributed by atoms with Gasteiger partial charge in [0.2, 0.25) is 6.54 Å². The molecule has 0 radical (unpaired) electrons. The Morgan fingerprint density at radius 3 is 1.27 bits per heavy atom. The first-order chi connectivity index (χ1) is 27.0. The monoisotopic (exact) mass is 1140 g/mol. The largest absolute Gasteiger partial charge is 0.411 e. The Bertz CT molecular complexity index is 1880. The van der Waals surface area contributed by atoms with Gasteiger partial charge in [0.25, 0.3) is 0 Å². The minimum Gasteiger partial charge on any atom is -0.411 e. The van der Waals surface area contributed by atoms with Gasteiger partial charge < -0.3 is 38.5 Å². The smallest absolute Gasteiger partial charge is 0.243 e. The van der Waals surface area contributed by atoms with E-state index < -0.39 is 41.1 Å². The molecule has 0 amide bonds. The molecule has 2 saturated heterocycles. The highest BCUT2D eigenvalue weighted by atomic mass is 33.5. The molecule has 25 heteroatoms. The van der Waals surface area contributed by atoms with Crippen molar-refractivity contribution in [3.8, 4) is 0 Å². The van der Waals surface area contributed by atoms with Crippen LogP contribution in [-0.4, -0.2) is 93.9 Å². The van der Waals surface area contributed by atoms with Gasteiger partial charge in [-0.1, -0.05) is 75.0 Å². The minimum absolute atomic E-state index is 0. The maximum absolute atomic E-state index is 10.3. The van der Waals surface area contributed by atoms with Gasteiger partial charge in [-0.05, 0) is 36.3 Å². The predicted molar refractivity (Wildman–Crippen MR) is 297 cm³/mol. The average Bonchev–Trinajstić information content (AvgIpc) is 3.13. The van der Waals surface area contributed by atoms with Crippen molar-refractivity contribution in [1.29, 1.82) is 0 Å². The van der Waals surface area contributed by atoms with Crippen LogP contribution in [0.2, 0.25) is 36.3 Å². The van der Waals surface area contributed by atoms with Crippen LogP contribution in [0.3, 0.4) is 0 Å². The van der Waals surface area contributed by atoms with Gasteiger partial charge in [0, 0.05) is 163 Å². The van der Waals surface area contributed by atoms with E-state index in [0.29, 0.717) is 12.8 Å². The second-order valence-corrected chi connectivity index (χ2v) is 48.8. The van der Waals surface area contributed by atoms with Gasteiger partial charge in [-0.15, -0.1) is 13.2 Å². The van der Waals surface area contributed by atoms with Crippen LogP contribution in [0.4, 0.5) is 0 Å². The summed E-state index contributed by atoms with van der Waals surface area (Å²) >= 11 is 9.45. The molecular weight excluding hydrogens is 1070 g/mol. The highest BCUT2D eigenvalue weighted by molar-refractivity contribution is 8.76. The molecule has 10 atom stereocenters. The summed E-state index contributed by atoms with van der Waals surface area (Å²) < 4.78 is 24.9. The summed E-state index contributed by atoms with van der Waals surface area (Å²) in [6.07, 6.45) is 1.83. The molecule has 0 bridgehead atoms. The molecule has 0 saturated carbocycles. The summed E-state index contributed by atoms with van der Waals surface area (Å²) in [4.78, 5) is 3.38. The van der Waals surface area contributed by atoms with Gasteiger partial charge in [0.05, 0.1) is 43.2 Å². The van der Waals surface area contributed by atoms with E-state index in [4.69, 9.17) is 47.3 Å². The molecule has 0 unspecified atom stereocenters. The second kappa shape index (κ2) is 33.0. The van der Waals surface area contributed by atoms with E-state index in [1.54, 1.807) is 97.7 Å². The Kier molecular flexibility index (Phi) is 35.5. The molecule has 2 aliphatic rings. The van der Waals surface area contributed by atoms with Crippen molar-refractivity contribution < 1.29 is 33.6 Å². The van der Waals surface area contributed by atoms with Crippen molar-refractivity contribution in [2.24, 2.45) is 11.8 Å². The van der Waals surface area contributed by atoms with E-state index in [9.17, 15) is 15.3 Å². The van der Waals surface area contributed by atoms with Crippen LogP contribution in [0.5, 0.6) is 0 Å². The van der Waals surface area contributed by atoms with E-state index in [1.165, 1.54) is 17.8 Å². The number of ether oxygens (including phenoxy) is 2. The molecule has 0 aromatic rings. The van der Waals surface area contributed by atoms with Gasteiger partial charge in [0.15, 0.2) is 22.7 Å². The summed E-state index contributed by atoms with van der Waals surface area (Å²) in [6.45, 7) is 40.8. The quantitative estimate of drug-likeness (QED) is 0.122. The predicted octanol–water partition coefficient (Wildman–Crippen LogP) is 6.95. The Morgan fingerprint density at radius 1 is 0.695 bits per heavy atom. The van der Waals surface area contributed by atoms with Crippen LogP contribution in [0, 0.1) is 18.4 Å². The van der Waals surface area contributed by atoms with Crippen LogP contribution < -0.4 is 0 Å². The second-order valence-electron chi connectivity index (χ2n) is 16.3. The number of hydrogen-bond donors (Lipinski definition) is 3. The zero-order valence-electron chi connectivity index (χ0n) is 35.2. The molecule has 348 valence electrons. The lowest BCUT2D eigenvalue weighted by molar-refractivity contribution is -0.184. The molecule has 2 rings (SSSR count). The first-order valence-corrected chi connectivity index (χ1v) is 42.6. The summed E-state index contributed by atoms with van der Waals surface area (Å²) in [5, 5.41) is 30.0. The minimum atomic E-state index is -1.95. The molecule has 0 aromatic heterocycles. The Balaban J connectivity index is 0. The fraction of sp³-hybridized carbons (Fsp3) is 0.853. The van der Waals surface area contributed by atoms with Gasteiger partial charge >= 0.3 is 0 Å². The van der Waals surface area contributed by atoms with E-state index >= 15 is 0 Å². The third-order valence-corrected chi connectivity index (χ3v) is 45.9. The van der Waals surface area contributed by atoms with E-state index in [0.717, 1.165) is 0 Å². The fourth-order valence-electron chi connectivity index (χ4n) is 4.89. The van der Waals surface area contributed by atoms with Crippen molar-refractivity contribution in [1.82, 2.24) is 0 Å². The van der Waals surface area contributed by atoms with Crippen LogP contribution in [-0.2, 0) is 156 Å². The summed E-state index contributed by atoms with van der Waals surface area (Å²) in [5.74, 6) is 0.233. The standard InChI is InChI=1S/C17H31NO3Si.C16H32O4Si.CH4.S15/c1-9-12(2)16-14(21-22(7,8)17(3,4)5)10-13(19)15(20-16)11-18-6;1-8-11(2)15-13(9-12(18)14(10-17)19-15)20-21(6,7)16(3,4)5;;1-3-5-7-9-11-13-15-14-12-10-8-6-4-2/h9,12-16,19H,1,10-11H2,2-5,7-8H3;8,11-15,17-18H,1,9-10H2,2-7H3;1H4;/t12-,13+,14-,15+,16-;11-,12+,13-,14+,15-;;/m00../s1. The van der Waals surface area contributed by atoms with Crippen LogP contribution in [0.1, 0.15) is 75.7 Å². The van der Waals surface area contributed by atoms with Gasteiger partial charge in [0.1, 0.15) is 6.10 Å². The van der Waals surface area contributed by atoms with Crippen molar-refractivity contribution >= 4 is 154 Å². The van der Waals surface area contributed by atoms with Crippen molar-refractivity contribution in [2.75, 3.05) is 13.2 Å². The lowest BCUT2D eigenvalue weighted by Gasteiger charge is -2.46. The topological polar surface area (TPSA) is 102 Å². The first-order valence-electron chi connectivity index (χ1n) is 18.1. The molecule has 2 heterocycles. The Hall–Kier alpha value is 2.42. The third-order valence-electron chi connectivity index (χ3n) is 10.3. The molecular formula is C34H67NO7S15Si2. The lowest BCUT2D eigenvalue weighted by atomic mass is 9.91. The molecule has 0 spiro atoms. The zero-order chi connectivity index (χ0) is 44.7. The number of hydrogen-bond acceptors (Lipinski definition) is 9. The summed E-state index contributed by atoms with van der Waals surface area (Å²) in [5.41, 5.74) is 0. The van der Waals surface area contributed by atoms with Crippen molar-refractivity contribution in [3.63, 3.8) is 0 Å². The molecule has 3 N–H and O–H groups in total. The highest BCUT2D eigenvalue weighted by Gasteiger charge is 2.47. The maximum Gasteiger partial charge on any atom is 0.243 e. The van der Waals surface area contributed by atoms with Crippen LogP contribution >= 0.6 is 0 Å². The number of aliphatic hydroxyl groups excluding tert-OH is 3. The molecule has 0 aliphatic carbocycles. The first kappa shape index (κ1) is 63.5. The van der Waals surface area contributed by atoms with Gasteiger partial charge in [-0.25, -0.2) is 6.57 Å². The van der Waals surface area contributed by atoms with Crippen molar-refractivity contribution in [3.05, 3.63) is 36.7 Å². The number of rotatable bonds is 10. The SMILES string of the molecule is C.C=C[C@H](C)[C@@H]1O[C@H](CO)[C@H](O)C[C@@H]1O[Si](C)(C)C(C)(C)C.S=S=S=S=S=S=S=S=S=S=S=S=S=S=S.[C-]#[N+]C[C@H]1O[C@@H]([C@@H](C)C=C)[C@@H](O[Si](C)(C)C(C)(C)C)C[C@H]1O. The lowest BCUT2D eigenvalue weighted by Crippen LogP contribution is -2.56. The molecule has 59 heavy (non-hydrogen) atoms. The fourth-order valence-corrected chi connectivity index (χ4v) is 37.8. The zero-order valence-corrected chi connectivity index (χ0v) is 49.5. The summed E-state index contributed by atoms with van der Waals surface area (Å²) in [7, 11) is 17.8. The van der Waals surface area contributed by atoms with Crippen LogP contribution in [0.25, 0.3) is 4.85 Å². The number of nitrogens with zero attached hydrogens (tertiary/aromatic N) is 1. The number of aliphatic hydroxyl groups is 3. The third kappa shape index (κ3) is 24.7. The molecule has 2 fully saturated rings. The highest BCUT2D eigenvalue weighted by Crippen LogP contribution is 2.41. The van der Waals surface area contributed by atoms with Crippen molar-refractivity contribution in [2.45, 2.75) is 161 Å². The Labute approximate surface area is 405 Å². The summed E-state index contributed by atoms with van der Waals surface area (Å²) in [6, 6.07) is 0. The Morgan fingerprint density at radius 2 is 1.00 bits per heavy atom. The van der Waals surface area contributed by atoms with Gasteiger partial charge in [-0.2, -0.15) is 0 Å². The molecule has 8 nitrogen and oxygen atoms in total. The van der Waals surface area contributed by atoms with Crippen LogP contribution in [0.15, 0.2) is 25.3 Å². The normalized spacial score (nSPS) is 25.2. The molecule has 0 aromatic carbocycles.